The Hall–Kier alpha value is -0.930. The van der Waals surface area contributed by atoms with Crippen molar-refractivity contribution in [2.75, 3.05) is 13.6 Å². The summed E-state index contributed by atoms with van der Waals surface area (Å²) in [6, 6.07) is 6.24. The molecule has 0 aliphatic carbocycles. The van der Waals surface area contributed by atoms with Crippen LogP contribution in [0.5, 0.6) is 0 Å². The standard InChI is InChI=1S/C14H25N3/c1-11(15)13(12-8-6-7-9-16-12)17(5)10-14(2,3)4/h6-9,11,13H,10,15H2,1-5H3. The first-order chi connectivity index (χ1) is 7.81. The lowest BCUT2D eigenvalue weighted by molar-refractivity contribution is 0.154. The molecule has 0 amide bonds. The molecule has 1 heterocycles. The molecule has 3 heteroatoms. The van der Waals surface area contributed by atoms with Gasteiger partial charge in [0.1, 0.15) is 0 Å². The molecule has 0 saturated carbocycles. The highest BCUT2D eigenvalue weighted by Crippen LogP contribution is 2.24. The van der Waals surface area contributed by atoms with Gasteiger partial charge >= 0.3 is 0 Å². The molecular formula is C14H25N3. The normalized spacial score (nSPS) is 15.9. The molecular weight excluding hydrogens is 210 g/mol. The second kappa shape index (κ2) is 5.61. The van der Waals surface area contributed by atoms with Crippen LogP contribution >= 0.6 is 0 Å². The molecule has 0 aliphatic heterocycles. The predicted octanol–water partition coefficient (Wildman–Crippen LogP) is 2.45. The summed E-state index contributed by atoms with van der Waals surface area (Å²) in [5.74, 6) is 0. The van der Waals surface area contributed by atoms with Gasteiger partial charge in [0.25, 0.3) is 0 Å². The van der Waals surface area contributed by atoms with Gasteiger partial charge in [0.15, 0.2) is 0 Å². The van der Waals surface area contributed by atoms with Crippen molar-refractivity contribution in [3.63, 3.8) is 0 Å². The van der Waals surface area contributed by atoms with Crippen molar-refractivity contribution in [1.82, 2.24) is 9.88 Å². The Morgan fingerprint density at radius 2 is 2.00 bits per heavy atom. The van der Waals surface area contributed by atoms with Crippen LogP contribution in [-0.2, 0) is 0 Å². The van der Waals surface area contributed by atoms with Crippen molar-refractivity contribution in [3.05, 3.63) is 30.1 Å². The van der Waals surface area contributed by atoms with Crippen molar-refractivity contribution in [2.24, 2.45) is 11.1 Å². The Morgan fingerprint density at radius 3 is 2.41 bits per heavy atom. The molecule has 0 aromatic carbocycles. The monoisotopic (exact) mass is 235 g/mol. The van der Waals surface area contributed by atoms with E-state index in [-0.39, 0.29) is 17.5 Å². The molecule has 0 spiro atoms. The number of nitrogens with two attached hydrogens (primary N) is 1. The second-order valence-electron chi connectivity index (χ2n) is 6.03. The number of aromatic nitrogens is 1. The topological polar surface area (TPSA) is 42.1 Å². The SMILES string of the molecule is CC(N)C(c1ccccn1)N(C)CC(C)(C)C. The van der Waals surface area contributed by atoms with Crippen LogP contribution in [0, 0.1) is 5.41 Å². The zero-order valence-corrected chi connectivity index (χ0v) is 11.6. The highest BCUT2D eigenvalue weighted by molar-refractivity contribution is 5.11. The molecule has 0 fully saturated rings. The fourth-order valence-corrected chi connectivity index (χ4v) is 2.29. The summed E-state index contributed by atoms with van der Waals surface area (Å²) in [6.07, 6.45) is 1.83. The van der Waals surface area contributed by atoms with Gasteiger partial charge < -0.3 is 5.73 Å². The largest absolute Gasteiger partial charge is 0.326 e. The minimum atomic E-state index is 0.0669. The minimum Gasteiger partial charge on any atom is -0.326 e. The van der Waals surface area contributed by atoms with Crippen LogP contribution in [0.3, 0.4) is 0 Å². The summed E-state index contributed by atoms with van der Waals surface area (Å²) in [5, 5.41) is 0. The zero-order valence-electron chi connectivity index (χ0n) is 11.6. The van der Waals surface area contributed by atoms with Crippen LogP contribution in [0.15, 0.2) is 24.4 Å². The summed E-state index contributed by atoms with van der Waals surface area (Å²) < 4.78 is 0. The van der Waals surface area contributed by atoms with E-state index in [0.717, 1.165) is 12.2 Å². The number of likely N-dealkylation sites (N-methyl/N-ethyl adjacent to an activating group) is 1. The number of hydrogen-bond donors (Lipinski definition) is 1. The first-order valence-electron chi connectivity index (χ1n) is 6.18. The van der Waals surface area contributed by atoms with Crippen LogP contribution in [-0.4, -0.2) is 29.5 Å². The molecule has 0 bridgehead atoms. The molecule has 2 unspecified atom stereocenters. The predicted molar refractivity (Wildman–Crippen MR) is 72.7 cm³/mol. The van der Waals surface area contributed by atoms with E-state index in [1.54, 1.807) is 0 Å². The van der Waals surface area contributed by atoms with Crippen molar-refractivity contribution in [3.8, 4) is 0 Å². The number of pyridine rings is 1. The number of nitrogens with zero attached hydrogens (tertiary/aromatic N) is 2. The average molecular weight is 235 g/mol. The summed E-state index contributed by atoms with van der Waals surface area (Å²) in [4.78, 5) is 6.73. The van der Waals surface area contributed by atoms with Crippen molar-refractivity contribution < 1.29 is 0 Å². The summed E-state index contributed by atoms with van der Waals surface area (Å²) in [5.41, 5.74) is 7.42. The van der Waals surface area contributed by atoms with Crippen molar-refractivity contribution >= 4 is 0 Å². The first kappa shape index (κ1) is 14.1. The highest BCUT2D eigenvalue weighted by atomic mass is 15.2. The Balaban J connectivity index is 2.87. The van der Waals surface area contributed by atoms with E-state index in [0.29, 0.717) is 0 Å². The van der Waals surface area contributed by atoms with E-state index in [1.165, 1.54) is 0 Å². The lowest BCUT2D eigenvalue weighted by Gasteiger charge is -2.35. The van der Waals surface area contributed by atoms with E-state index in [4.69, 9.17) is 5.73 Å². The average Bonchev–Trinajstić information content (AvgIpc) is 2.15. The molecule has 2 N–H and O–H groups in total. The van der Waals surface area contributed by atoms with Crippen LogP contribution in [0.4, 0.5) is 0 Å². The summed E-state index contributed by atoms with van der Waals surface area (Å²) in [6.45, 7) is 9.74. The molecule has 0 saturated heterocycles. The van der Waals surface area contributed by atoms with Crippen LogP contribution < -0.4 is 5.73 Å². The van der Waals surface area contributed by atoms with Gasteiger partial charge in [0.05, 0.1) is 11.7 Å². The fraction of sp³-hybridized carbons (Fsp3) is 0.643. The molecule has 1 aromatic rings. The highest BCUT2D eigenvalue weighted by Gasteiger charge is 2.25. The Kier molecular flexibility index (Phi) is 4.66. The zero-order chi connectivity index (χ0) is 13.1. The van der Waals surface area contributed by atoms with Crippen LogP contribution in [0.2, 0.25) is 0 Å². The van der Waals surface area contributed by atoms with Gasteiger partial charge in [-0.15, -0.1) is 0 Å². The quantitative estimate of drug-likeness (QED) is 0.871. The third-order valence-corrected chi connectivity index (χ3v) is 2.69. The Bertz CT molecular complexity index is 327. The maximum absolute atomic E-state index is 6.11. The number of hydrogen-bond acceptors (Lipinski definition) is 3. The molecule has 17 heavy (non-hydrogen) atoms. The second-order valence-corrected chi connectivity index (χ2v) is 6.03. The Labute approximate surface area is 105 Å². The molecule has 0 radical (unpaired) electrons. The third-order valence-electron chi connectivity index (χ3n) is 2.69. The van der Waals surface area contributed by atoms with E-state index < -0.39 is 0 Å². The molecule has 2 atom stereocenters. The van der Waals surface area contributed by atoms with E-state index in [2.05, 4.69) is 37.7 Å². The van der Waals surface area contributed by atoms with Gasteiger partial charge in [-0.25, -0.2) is 0 Å². The van der Waals surface area contributed by atoms with Crippen LogP contribution in [0.25, 0.3) is 0 Å². The van der Waals surface area contributed by atoms with E-state index in [1.807, 2.05) is 31.3 Å². The van der Waals surface area contributed by atoms with Gasteiger partial charge in [-0.1, -0.05) is 26.8 Å². The van der Waals surface area contributed by atoms with Gasteiger partial charge in [0.2, 0.25) is 0 Å². The maximum atomic E-state index is 6.11. The number of rotatable bonds is 4. The van der Waals surface area contributed by atoms with Crippen molar-refractivity contribution in [2.45, 2.75) is 39.8 Å². The fourth-order valence-electron chi connectivity index (χ4n) is 2.29. The Morgan fingerprint density at radius 1 is 1.35 bits per heavy atom. The first-order valence-corrected chi connectivity index (χ1v) is 6.18. The molecule has 3 nitrogen and oxygen atoms in total. The molecule has 1 aromatic heterocycles. The third kappa shape index (κ3) is 4.44. The minimum absolute atomic E-state index is 0.0669. The van der Waals surface area contributed by atoms with Crippen LogP contribution in [0.1, 0.15) is 39.4 Å². The summed E-state index contributed by atoms with van der Waals surface area (Å²) >= 11 is 0. The summed E-state index contributed by atoms with van der Waals surface area (Å²) in [7, 11) is 2.12. The van der Waals surface area contributed by atoms with E-state index >= 15 is 0 Å². The molecule has 0 aliphatic rings. The molecule has 96 valence electrons. The lowest BCUT2D eigenvalue weighted by Crippen LogP contribution is -2.41. The maximum Gasteiger partial charge on any atom is 0.0668 e. The smallest absolute Gasteiger partial charge is 0.0668 e. The van der Waals surface area contributed by atoms with Gasteiger partial charge in [-0.05, 0) is 31.5 Å². The van der Waals surface area contributed by atoms with Crippen molar-refractivity contribution in [1.29, 1.82) is 0 Å². The van der Waals surface area contributed by atoms with Gasteiger partial charge in [0, 0.05) is 18.8 Å². The molecule has 1 rings (SSSR count). The van der Waals surface area contributed by atoms with Gasteiger partial charge in [-0.2, -0.15) is 0 Å². The lowest BCUT2D eigenvalue weighted by atomic mass is 9.94. The van der Waals surface area contributed by atoms with E-state index in [9.17, 15) is 0 Å². The van der Waals surface area contributed by atoms with Gasteiger partial charge in [-0.3, -0.25) is 9.88 Å².